The molecule has 0 atom stereocenters. The quantitative estimate of drug-likeness (QED) is 0.808. The van der Waals surface area contributed by atoms with E-state index < -0.39 is 0 Å². The molecule has 0 aromatic carbocycles. The second-order valence-electron chi connectivity index (χ2n) is 5.38. The van der Waals surface area contributed by atoms with Gasteiger partial charge in [0.15, 0.2) is 5.82 Å². The molecule has 0 aliphatic heterocycles. The summed E-state index contributed by atoms with van der Waals surface area (Å²) in [4.78, 5) is 16.3. The van der Waals surface area contributed by atoms with Gasteiger partial charge in [0.25, 0.3) is 5.56 Å². The Hall–Kier alpha value is -1.32. The molecule has 1 N–H and O–H groups in total. The molecule has 0 amide bonds. The van der Waals surface area contributed by atoms with E-state index in [-0.39, 0.29) is 5.56 Å². The maximum Gasteiger partial charge on any atom is 0.293 e. The van der Waals surface area contributed by atoms with Gasteiger partial charge in [-0.05, 0) is 31.1 Å². The first kappa shape index (κ1) is 13.1. The van der Waals surface area contributed by atoms with E-state index in [2.05, 4.69) is 24.1 Å². The Labute approximate surface area is 108 Å². The lowest BCUT2D eigenvalue weighted by atomic mass is 10.0. The van der Waals surface area contributed by atoms with Gasteiger partial charge >= 0.3 is 0 Å². The van der Waals surface area contributed by atoms with Crippen LogP contribution in [-0.2, 0) is 6.54 Å². The van der Waals surface area contributed by atoms with Gasteiger partial charge < -0.3 is 9.88 Å². The highest BCUT2D eigenvalue weighted by Crippen LogP contribution is 2.49. The molecule has 0 radical (unpaired) electrons. The molecular formula is C14H23N3O. The van der Waals surface area contributed by atoms with Crippen LogP contribution in [0, 0.1) is 5.41 Å². The highest BCUT2D eigenvalue weighted by atomic mass is 16.1. The maximum atomic E-state index is 12.1. The van der Waals surface area contributed by atoms with Crippen LogP contribution in [0.25, 0.3) is 0 Å². The van der Waals surface area contributed by atoms with Crippen molar-refractivity contribution in [2.24, 2.45) is 5.41 Å². The Morgan fingerprint density at radius 1 is 1.39 bits per heavy atom. The summed E-state index contributed by atoms with van der Waals surface area (Å²) in [5.74, 6) is 0.508. The number of nitrogens with one attached hydrogen (secondary N) is 1. The minimum Gasteiger partial charge on any atom is -0.365 e. The highest BCUT2D eigenvalue weighted by molar-refractivity contribution is 5.31. The Morgan fingerprint density at radius 3 is 2.78 bits per heavy atom. The standard InChI is InChI=1S/C14H23N3O/c1-3-5-14(6-7-14)11-16-12-13(18)17(9-4-2)10-8-15-12/h8,10H,3-7,9,11H2,1-2H3,(H,15,16). The van der Waals surface area contributed by atoms with Crippen molar-refractivity contribution < 1.29 is 0 Å². The van der Waals surface area contributed by atoms with Gasteiger partial charge in [0.2, 0.25) is 0 Å². The van der Waals surface area contributed by atoms with Gasteiger partial charge in [0, 0.05) is 25.5 Å². The summed E-state index contributed by atoms with van der Waals surface area (Å²) in [6.45, 7) is 5.94. The molecule has 4 heteroatoms. The number of nitrogens with zero attached hydrogens (tertiary/aromatic N) is 2. The average molecular weight is 249 g/mol. The Morgan fingerprint density at radius 2 is 2.17 bits per heavy atom. The van der Waals surface area contributed by atoms with E-state index in [1.54, 1.807) is 17.0 Å². The highest BCUT2D eigenvalue weighted by Gasteiger charge is 2.41. The molecule has 1 heterocycles. The zero-order valence-corrected chi connectivity index (χ0v) is 11.4. The second kappa shape index (κ2) is 5.55. The second-order valence-corrected chi connectivity index (χ2v) is 5.38. The fourth-order valence-electron chi connectivity index (χ4n) is 2.48. The van der Waals surface area contributed by atoms with Crippen LogP contribution in [0.3, 0.4) is 0 Å². The lowest BCUT2D eigenvalue weighted by molar-refractivity contribution is 0.484. The molecule has 1 saturated carbocycles. The predicted octanol–water partition coefficient (Wildman–Crippen LogP) is 2.65. The van der Waals surface area contributed by atoms with Gasteiger partial charge in [-0.25, -0.2) is 4.98 Å². The van der Waals surface area contributed by atoms with Crippen molar-refractivity contribution in [2.45, 2.75) is 52.5 Å². The summed E-state index contributed by atoms with van der Waals surface area (Å²) in [5.41, 5.74) is 0.445. The summed E-state index contributed by atoms with van der Waals surface area (Å²) in [6, 6.07) is 0. The van der Waals surface area contributed by atoms with Crippen molar-refractivity contribution in [1.82, 2.24) is 9.55 Å². The third-order valence-electron chi connectivity index (χ3n) is 3.75. The van der Waals surface area contributed by atoms with Crippen LogP contribution in [0.5, 0.6) is 0 Å². The summed E-state index contributed by atoms with van der Waals surface area (Å²) < 4.78 is 1.73. The molecular weight excluding hydrogens is 226 g/mol. The van der Waals surface area contributed by atoms with E-state index >= 15 is 0 Å². The summed E-state index contributed by atoms with van der Waals surface area (Å²) in [7, 11) is 0. The molecule has 4 nitrogen and oxygen atoms in total. The van der Waals surface area contributed by atoms with Crippen molar-refractivity contribution in [2.75, 3.05) is 11.9 Å². The van der Waals surface area contributed by atoms with E-state index in [0.29, 0.717) is 11.2 Å². The van der Waals surface area contributed by atoms with Gasteiger partial charge in [0.05, 0.1) is 0 Å². The van der Waals surface area contributed by atoms with Crippen molar-refractivity contribution >= 4 is 5.82 Å². The third-order valence-corrected chi connectivity index (χ3v) is 3.75. The van der Waals surface area contributed by atoms with Crippen molar-refractivity contribution in [3.8, 4) is 0 Å². The van der Waals surface area contributed by atoms with Crippen LogP contribution in [0.1, 0.15) is 46.0 Å². The number of anilines is 1. The SMILES string of the molecule is CCCn1ccnc(NCC2(CCC)CC2)c1=O. The number of hydrogen-bond acceptors (Lipinski definition) is 3. The minimum atomic E-state index is 0.00616. The molecule has 0 unspecified atom stereocenters. The van der Waals surface area contributed by atoms with E-state index in [1.165, 1.54) is 25.7 Å². The van der Waals surface area contributed by atoms with Crippen molar-refractivity contribution in [1.29, 1.82) is 0 Å². The Balaban J connectivity index is 2.01. The van der Waals surface area contributed by atoms with Crippen LogP contribution in [0.2, 0.25) is 0 Å². The fraction of sp³-hybridized carbons (Fsp3) is 0.714. The number of rotatable bonds is 7. The van der Waals surface area contributed by atoms with Crippen LogP contribution in [0.4, 0.5) is 5.82 Å². The normalized spacial score (nSPS) is 16.6. The zero-order chi connectivity index (χ0) is 13.0. The number of hydrogen-bond donors (Lipinski definition) is 1. The van der Waals surface area contributed by atoms with Gasteiger partial charge in [-0.15, -0.1) is 0 Å². The fourth-order valence-corrected chi connectivity index (χ4v) is 2.48. The molecule has 2 rings (SSSR count). The molecule has 0 spiro atoms. The molecule has 1 aromatic heterocycles. The largest absolute Gasteiger partial charge is 0.365 e. The predicted molar refractivity (Wildman–Crippen MR) is 73.9 cm³/mol. The average Bonchev–Trinajstić information content (AvgIpc) is 3.11. The number of aromatic nitrogens is 2. The first-order chi connectivity index (χ1) is 8.71. The summed E-state index contributed by atoms with van der Waals surface area (Å²) in [6.07, 6.45) is 9.45. The summed E-state index contributed by atoms with van der Waals surface area (Å²) in [5, 5.41) is 3.25. The van der Waals surface area contributed by atoms with Gasteiger partial charge in [-0.3, -0.25) is 4.79 Å². The zero-order valence-electron chi connectivity index (χ0n) is 11.4. The molecule has 18 heavy (non-hydrogen) atoms. The molecule has 1 aliphatic carbocycles. The Bertz CT molecular complexity index is 449. The minimum absolute atomic E-state index is 0.00616. The molecule has 100 valence electrons. The van der Waals surface area contributed by atoms with Crippen LogP contribution in [0.15, 0.2) is 17.2 Å². The first-order valence-electron chi connectivity index (χ1n) is 7.00. The maximum absolute atomic E-state index is 12.1. The molecule has 1 aliphatic rings. The third kappa shape index (κ3) is 2.92. The van der Waals surface area contributed by atoms with Crippen molar-refractivity contribution in [3.05, 3.63) is 22.7 Å². The van der Waals surface area contributed by atoms with E-state index in [1.807, 2.05) is 0 Å². The van der Waals surface area contributed by atoms with Gasteiger partial charge in [-0.2, -0.15) is 0 Å². The van der Waals surface area contributed by atoms with Crippen LogP contribution in [-0.4, -0.2) is 16.1 Å². The van der Waals surface area contributed by atoms with Crippen LogP contribution >= 0.6 is 0 Å². The molecule has 1 fully saturated rings. The van der Waals surface area contributed by atoms with E-state index in [0.717, 1.165) is 19.5 Å². The Kier molecular flexibility index (Phi) is 4.04. The first-order valence-corrected chi connectivity index (χ1v) is 7.00. The van der Waals surface area contributed by atoms with Crippen molar-refractivity contribution in [3.63, 3.8) is 0 Å². The smallest absolute Gasteiger partial charge is 0.293 e. The molecule has 0 bridgehead atoms. The lowest BCUT2D eigenvalue weighted by Gasteiger charge is -2.15. The summed E-state index contributed by atoms with van der Waals surface area (Å²) >= 11 is 0. The number of aryl methyl sites for hydroxylation is 1. The van der Waals surface area contributed by atoms with E-state index in [9.17, 15) is 4.79 Å². The van der Waals surface area contributed by atoms with Gasteiger partial charge in [0.1, 0.15) is 0 Å². The van der Waals surface area contributed by atoms with Gasteiger partial charge in [-0.1, -0.05) is 20.3 Å². The monoisotopic (exact) mass is 249 g/mol. The van der Waals surface area contributed by atoms with E-state index in [4.69, 9.17) is 0 Å². The topological polar surface area (TPSA) is 46.9 Å². The molecule has 0 saturated heterocycles. The van der Waals surface area contributed by atoms with Crippen LogP contribution < -0.4 is 10.9 Å². The lowest BCUT2D eigenvalue weighted by Crippen LogP contribution is -2.26. The molecule has 1 aromatic rings.